The maximum atomic E-state index is 13.1. The van der Waals surface area contributed by atoms with E-state index in [-0.39, 0.29) is 32.6 Å². The van der Waals surface area contributed by atoms with Gasteiger partial charge in [-0.1, -0.05) is 12.1 Å². The summed E-state index contributed by atoms with van der Waals surface area (Å²) >= 11 is 0. The van der Waals surface area contributed by atoms with Gasteiger partial charge in [0, 0.05) is 31.7 Å². The van der Waals surface area contributed by atoms with Crippen molar-refractivity contribution in [1.29, 1.82) is 0 Å². The average molecular weight is 505 g/mol. The molecule has 1 aliphatic rings. The molecule has 1 amide bonds. The van der Waals surface area contributed by atoms with Crippen LogP contribution in [-0.2, 0) is 33.6 Å². The van der Waals surface area contributed by atoms with Crippen molar-refractivity contribution in [3.8, 4) is 0 Å². The number of sulfonamides is 1. The Balaban J connectivity index is 1.68. The number of carbonyl (C=O) groups is 1. The van der Waals surface area contributed by atoms with Gasteiger partial charge in [-0.2, -0.15) is 30.6 Å². The molecular formula is C21H17F6N3O3S. The van der Waals surface area contributed by atoms with Gasteiger partial charge in [0.1, 0.15) is 0 Å². The van der Waals surface area contributed by atoms with Crippen molar-refractivity contribution in [2.75, 3.05) is 26.2 Å². The monoisotopic (exact) mass is 505 g/mol. The van der Waals surface area contributed by atoms with Crippen LogP contribution in [0, 0.1) is 6.57 Å². The second kappa shape index (κ2) is 9.27. The highest BCUT2D eigenvalue weighted by atomic mass is 32.2. The highest BCUT2D eigenvalue weighted by Crippen LogP contribution is 2.35. The number of benzene rings is 2. The smallest absolute Gasteiger partial charge is 0.340 e. The van der Waals surface area contributed by atoms with Crippen molar-refractivity contribution >= 4 is 21.6 Å². The minimum Gasteiger partial charge on any atom is -0.340 e. The molecule has 1 aliphatic heterocycles. The molecule has 0 N–H and O–H groups in total. The number of hydrogen-bond donors (Lipinski definition) is 0. The number of carbonyl (C=O) groups excluding carboxylic acids is 1. The van der Waals surface area contributed by atoms with Crippen LogP contribution in [-0.4, -0.2) is 49.7 Å². The number of amides is 1. The first-order valence-corrected chi connectivity index (χ1v) is 11.2. The molecule has 1 fully saturated rings. The van der Waals surface area contributed by atoms with Crippen molar-refractivity contribution in [2.45, 2.75) is 23.7 Å². The summed E-state index contributed by atoms with van der Waals surface area (Å²) in [5.41, 5.74) is -2.23. The Kier molecular flexibility index (Phi) is 6.95. The van der Waals surface area contributed by atoms with Gasteiger partial charge in [0.05, 0.1) is 23.5 Å². The molecule has 0 spiro atoms. The predicted octanol–water partition coefficient (Wildman–Crippen LogP) is 4.35. The summed E-state index contributed by atoms with van der Waals surface area (Å²) in [5.74, 6) is -0.425. The predicted molar refractivity (Wildman–Crippen MR) is 108 cm³/mol. The molecule has 0 bridgehead atoms. The fraction of sp³-hybridized carbons (Fsp3) is 0.333. The molecule has 0 unspecified atom stereocenters. The lowest BCUT2D eigenvalue weighted by atomic mass is 10.1. The second-order valence-corrected chi connectivity index (χ2v) is 9.42. The molecule has 0 aliphatic carbocycles. The third-order valence-corrected chi connectivity index (χ3v) is 7.09. The molecule has 0 saturated carbocycles. The molecule has 0 radical (unpaired) electrons. The number of hydrogen-bond acceptors (Lipinski definition) is 3. The van der Waals surface area contributed by atoms with E-state index in [0.717, 1.165) is 22.5 Å². The first kappa shape index (κ1) is 25.5. The van der Waals surface area contributed by atoms with Gasteiger partial charge in [0.2, 0.25) is 15.9 Å². The van der Waals surface area contributed by atoms with E-state index in [2.05, 4.69) is 4.85 Å². The Hall–Kier alpha value is -3.11. The maximum Gasteiger partial charge on any atom is 0.416 e. The lowest BCUT2D eigenvalue weighted by molar-refractivity contribution is -0.138. The van der Waals surface area contributed by atoms with Crippen LogP contribution in [0.2, 0.25) is 0 Å². The Bertz CT molecular complexity index is 1210. The van der Waals surface area contributed by atoms with Gasteiger partial charge >= 0.3 is 12.4 Å². The molecule has 2 aromatic rings. The summed E-state index contributed by atoms with van der Waals surface area (Å²) in [4.78, 5) is 16.1. The van der Waals surface area contributed by atoms with Crippen molar-refractivity contribution in [3.05, 3.63) is 70.6 Å². The second-order valence-electron chi connectivity index (χ2n) is 7.48. The fourth-order valence-corrected chi connectivity index (χ4v) is 4.87. The average Bonchev–Trinajstić information content (AvgIpc) is 2.78. The van der Waals surface area contributed by atoms with E-state index in [0.29, 0.717) is 17.7 Å². The molecule has 34 heavy (non-hydrogen) atoms. The summed E-state index contributed by atoms with van der Waals surface area (Å²) < 4.78 is 104. The summed E-state index contributed by atoms with van der Waals surface area (Å²) in [7, 11) is -4.36. The number of nitrogens with zero attached hydrogens (tertiary/aromatic N) is 3. The molecule has 0 atom stereocenters. The van der Waals surface area contributed by atoms with Gasteiger partial charge in [0.25, 0.3) is 0 Å². The van der Waals surface area contributed by atoms with Gasteiger partial charge in [0.15, 0.2) is 5.69 Å². The van der Waals surface area contributed by atoms with E-state index in [1.807, 2.05) is 0 Å². The zero-order valence-corrected chi connectivity index (χ0v) is 18.1. The normalized spacial score (nSPS) is 15.7. The minimum atomic E-state index is -4.84. The molecule has 0 aromatic heterocycles. The van der Waals surface area contributed by atoms with E-state index >= 15 is 0 Å². The van der Waals surface area contributed by atoms with Crippen molar-refractivity contribution in [3.63, 3.8) is 0 Å². The van der Waals surface area contributed by atoms with Crippen LogP contribution < -0.4 is 0 Å². The molecule has 182 valence electrons. The zero-order chi connectivity index (χ0) is 25.3. The SMILES string of the molecule is [C-]#[N+]c1cc(C(F)(F)F)cc(S(=O)(=O)N2CCN(C(=O)Cc3ccc(C(F)(F)F)cc3)CC2)c1. The zero-order valence-electron chi connectivity index (χ0n) is 17.3. The van der Waals surface area contributed by atoms with Crippen molar-refractivity contribution in [1.82, 2.24) is 9.21 Å². The Labute approximate surface area is 191 Å². The largest absolute Gasteiger partial charge is 0.416 e. The quantitative estimate of drug-likeness (QED) is 0.459. The van der Waals surface area contributed by atoms with Gasteiger partial charge in [-0.3, -0.25) is 4.79 Å². The number of alkyl halides is 6. The lowest BCUT2D eigenvalue weighted by Gasteiger charge is -2.34. The molecule has 1 saturated heterocycles. The van der Waals surface area contributed by atoms with Gasteiger partial charge in [-0.25, -0.2) is 13.3 Å². The van der Waals surface area contributed by atoms with Crippen molar-refractivity contribution < 1.29 is 39.6 Å². The van der Waals surface area contributed by atoms with E-state index < -0.39 is 50.0 Å². The highest BCUT2D eigenvalue weighted by Gasteiger charge is 2.35. The minimum absolute atomic E-state index is 0.0483. The lowest BCUT2D eigenvalue weighted by Crippen LogP contribution is -2.50. The molecule has 6 nitrogen and oxygen atoms in total. The number of rotatable bonds is 4. The van der Waals surface area contributed by atoms with Crippen LogP contribution in [0.4, 0.5) is 32.0 Å². The molecule has 3 rings (SSSR count). The first-order chi connectivity index (χ1) is 15.7. The molecule has 13 heteroatoms. The van der Waals surface area contributed by atoms with Crippen molar-refractivity contribution in [2.24, 2.45) is 0 Å². The van der Waals surface area contributed by atoms with Gasteiger partial charge < -0.3 is 4.90 Å². The van der Waals surface area contributed by atoms with Crippen LogP contribution >= 0.6 is 0 Å². The van der Waals surface area contributed by atoms with Crippen LogP contribution in [0.5, 0.6) is 0 Å². The third kappa shape index (κ3) is 5.68. The van der Waals surface area contributed by atoms with Crippen LogP contribution in [0.3, 0.4) is 0 Å². The fourth-order valence-electron chi connectivity index (χ4n) is 3.39. The number of halogens is 6. The van der Waals surface area contributed by atoms with E-state index in [4.69, 9.17) is 6.57 Å². The number of piperazine rings is 1. The molecule has 2 aromatic carbocycles. The van der Waals surface area contributed by atoms with Crippen LogP contribution in [0.1, 0.15) is 16.7 Å². The Morgan fingerprint density at radius 2 is 1.44 bits per heavy atom. The summed E-state index contributed by atoms with van der Waals surface area (Å²) in [6, 6.07) is 5.98. The Morgan fingerprint density at radius 3 is 1.94 bits per heavy atom. The van der Waals surface area contributed by atoms with Crippen LogP contribution in [0.15, 0.2) is 47.4 Å². The molecule has 1 heterocycles. The van der Waals surface area contributed by atoms with E-state index in [1.165, 1.54) is 17.0 Å². The summed E-state index contributed by atoms with van der Waals surface area (Å²) in [5, 5.41) is 0. The summed E-state index contributed by atoms with van der Waals surface area (Å²) in [6.07, 6.45) is -9.53. The molecular weight excluding hydrogens is 488 g/mol. The Morgan fingerprint density at radius 1 is 0.882 bits per heavy atom. The van der Waals surface area contributed by atoms with Gasteiger partial charge in [-0.05, 0) is 35.9 Å². The summed E-state index contributed by atoms with van der Waals surface area (Å²) in [6.45, 7) is 6.47. The van der Waals surface area contributed by atoms with E-state index in [9.17, 15) is 39.6 Å². The van der Waals surface area contributed by atoms with Gasteiger partial charge in [-0.15, -0.1) is 0 Å². The maximum absolute atomic E-state index is 13.1. The highest BCUT2D eigenvalue weighted by molar-refractivity contribution is 7.89. The standard InChI is InChI=1S/C21H17F6N3O3S/c1-28-17-11-16(21(25,26)27)12-18(13-17)34(32,33)30-8-6-29(7-9-30)19(31)10-14-2-4-15(5-3-14)20(22,23)24/h2-5,11-13H,6-10H2. The first-order valence-electron chi connectivity index (χ1n) is 9.75. The third-order valence-electron chi connectivity index (χ3n) is 5.21. The topological polar surface area (TPSA) is 62.1 Å². The van der Waals surface area contributed by atoms with E-state index in [1.54, 1.807) is 0 Å². The van der Waals surface area contributed by atoms with Crippen LogP contribution in [0.25, 0.3) is 4.85 Å².